The van der Waals surface area contributed by atoms with Gasteiger partial charge in [-0.15, -0.1) is 0 Å². The smallest absolute Gasteiger partial charge is 0.141 e. The van der Waals surface area contributed by atoms with Crippen molar-refractivity contribution in [3.63, 3.8) is 0 Å². The molecule has 2 rings (SSSR count). The molecule has 0 bridgehead atoms. The summed E-state index contributed by atoms with van der Waals surface area (Å²) >= 11 is 3.07. The molecule has 0 heterocycles. The second-order valence-electron chi connectivity index (χ2n) is 4.61. The maximum absolute atomic E-state index is 13.6. The largest absolute Gasteiger partial charge is 0.457 e. The van der Waals surface area contributed by atoms with Crippen molar-refractivity contribution >= 4 is 15.9 Å². The van der Waals surface area contributed by atoms with E-state index in [4.69, 9.17) is 10.5 Å². The zero-order valence-electron chi connectivity index (χ0n) is 11.1. The molecule has 1 atom stereocenters. The van der Waals surface area contributed by atoms with E-state index < -0.39 is 5.82 Å². The van der Waals surface area contributed by atoms with Crippen LogP contribution in [0.1, 0.15) is 24.1 Å². The van der Waals surface area contributed by atoms with E-state index >= 15 is 0 Å². The Labute approximate surface area is 124 Å². The lowest BCUT2D eigenvalue weighted by Gasteiger charge is -2.15. The molecule has 2 aromatic carbocycles. The van der Waals surface area contributed by atoms with Gasteiger partial charge >= 0.3 is 0 Å². The monoisotopic (exact) mass is 341 g/mol. The van der Waals surface area contributed by atoms with Crippen molar-refractivity contribution in [2.24, 2.45) is 5.73 Å². The number of rotatable bonds is 3. The lowest BCUT2D eigenvalue weighted by molar-refractivity contribution is 0.463. The zero-order chi connectivity index (χ0) is 14.9. The van der Waals surface area contributed by atoms with Gasteiger partial charge in [0.2, 0.25) is 0 Å². The second kappa shape index (κ2) is 5.89. The summed E-state index contributed by atoms with van der Waals surface area (Å²) in [6, 6.07) is 6.95. The number of ether oxygens (including phenoxy) is 1. The van der Waals surface area contributed by atoms with Gasteiger partial charge in [0.25, 0.3) is 0 Å². The highest BCUT2D eigenvalue weighted by molar-refractivity contribution is 9.10. The summed E-state index contributed by atoms with van der Waals surface area (Å²) in [5, 5.41) is 0. The number of aryl methyl sites for hydroxylation is 1. The molecule has 0 fully saturated rings. The van der Waals surface area contributed by atoms with E-state index in [9.17, 15) is 8.78 Å². The van der Waals surface area contributed by atoms with Gasteiger partial charge in [-0.25, -0.2) is 8.78 Å². The van der Waals surface area contributed by atoms with Gasteiger partial charge in [-0.2, -0.15) is 0 Å². The topological polar surface area (TPSA) is 35.2 Å². The molecule has 0 radical (unpaired) electrons. The molecule has 0 aliphatic carbocycles. The van der Waals surface area contributed by atoms with Gasteiger partial charge in [0, 0.05) is 17.7 Å². The van der Waals surface area contributed by atoms with Crippen LogP contribution in [0.5, 0.6) is 11.5 Å². The van der Waals surface area contributed by atoms with Crippen LogP contribution in [0.3, 0.4) is 0 Å². The van der Waals surface area contributed by atoms with E-state index in [2.05, 4.69) is 15.9 Å². The molecule has 0 unspecified atom stereocenters. The number of benzene rings is 2. The maximum Gasteiger partial charge on any atom is 0.141 e. The predicted molar refractivity (Wildman–Crippen MR) is 77.9 cm³/mol. The molecule has 0 aromatic heterocycles. The molecule has 0 aliphatic heterocycles. The summed E-state index contributed by atoms with van der Waals surface area (Å²) in [6.45, 7) is 3.37. The Kier molecular flexibility index (Phi) is 4.40. The fourth-order valence-electron chi connectivity index (χ4n) is 1.78. The molecule has 2 nitrogen and oxygen atoms in total. The molecule has 2 N–H and O–H groups in total. The summed E-state index contributed by atoms with van der Waals surface area (Å²) in [7, 11) is 0. The average molecular weight is 342 g/mol. The number of nitrogens with two attached hydrogens (primary N) is 1. The van der Waals surface area contributed by atoms with Crippen LogP contribution in [-0.2, 0) is 0 Å². The third-order valence-corrected chi connectivity index (χ3v) is 3.54. The van der Waals surface area contributed by atoms with Crippen LogP contribution in [0.15, 0.2) is 34.8 Å². The predicted octanol–water partition coefficient (Wildman–Crippen LogP) is 4.85. The van der Waals surface area contributed by atoms with Gasteiger partial charge in [-0.3, -0.25) is 0 Å². The van der Waals surface area contributed by atoms with Crippen LogP contribution in [0.2, 0.25) is 0 Å². The van der Waals surface area contributed by atoms with Crippen molar-refractivity contribution in [1.82, 2.24) is 0 Å². The highest BCUT2D eigenvalue weighted by Crippen LogP contribution is 2.32. The Morgan fingerprint density at radius 2 is 1.85 bits per heavy atom. The summed E-state index contributed by atoms with van der Waals surface area (Å²) in [5.74, 6) is -0.00505. The minimum absolute atomic E-state index is 0.332. The zero-order valence-corrected chi connectivity index (χ0v) is 12.7. The Balaban J connectivity index is 2.41. The molecule has 5 heteroatoms. The quantitative estimate of drug-likeness (QED) is 0.866. The lowest BCUT2D eigenvalue weighted by atomic mass is 10.1. The fourth-order valence-corrected chi connectivity index (χ4v) is 2.03. The third kappa shape index (κ3) is 3.16. The van der Waals surface area contributed by atoms with E-state index in [0.29, 0.717) is 27.1 Å². The van der Waals surface area contributed by atoms with Gasteiger partial charge in [-0.1, -0.05) is 0 Å². The van der Waals surface area contributed by atoms with Crippen LogP contribution >= 0.6 is 15.9 Å². The van der Waals surface area contributed by atoms with Gasteiger partial charge in [-0.05, 0) is 59.6 Å². The Bertz CT molecular complexity index is 644. The van der Waals surface area contributed by atoms with E-state index in [1.54, 1.807) is 32.0 Å². The molecule has 2 aromatic rings. The van der Waals surface area contributed by atoms with Crippen molar-refractivity contribution in [2.45, 2.75) is 19.9 Å². The maximum atomic E-state index is 13.6. The van der Waals surface area contributed by atoms with Crippen LogP contribution in [0, 0.1) is 18.6 Å². The highest BCUT2D eigenvalue weighted by Gasteiger charge is 2.13. The molecule has 0 saturated heterocycles. The SMILES string of the molecule is Cc1cc(Oc2ccc(Br)c(F)c2)c([C@H](C)N)cc1F. The van der Waals surface area contributed by atoms with Crippen molar-refractivity contribution in [2.75, 3.05) is 0 Å². The Hall–Kier alpha value is -1.46. The molecule has 106 valence electrons. The minimum Gasteiger partial charge on any atom is -0.457 e. The third-order valence-electron chi connectivity index (χ3n) is 2.90. The molecular weight excluding hydrogens is 328 g/mol. The van der Waals surface area contributed by atoms with E-state index in [1.165, 1.54) is 12.1 Å². The molecule has 0 spiro atoms. The number of halogens is 3. The van der Waals surface area contributed by atoms with Crippen LogP contribution in [-0.4, -0.2) is 0 Å². The molecule has 0 aliphatic rings. The van der Waals surface area contributed by atoms with Gasteiger partial charge in [0.1, 0.15) is 23.1 Å². The van der Waals surface area contributed by atoms with Crippen LogP contribution < -0.4 is 10.5 Å². The summed E-state index contributed by atoms with van der Waals surface area (Å²) in [5.41, 5.74) is 6.80. The number of hydrogen-bond donors (Lipinski definition) is 1. The first-order valence-corrected chi connectivity index (χ1v) is 6.86. The molecular formula is C15H14BrF2NO. The van der Waals surface area contributed by atoms with Gasteiger partial charge < -0.3 is 10.5 Å². The standard InChI is InChI=1S/C15H14BrF2NO/c1-8-5-15(11(9(2)19)7-13(8)17)20-10-3-4-12(16)14(18)6-10/h3-7,9H,19H2,1-2H3/t9-/m0/s1. The summed E-state index contributed by atoms with van der Waals surface area (Å²) in [6.07, 6.45) is 0. The fraction of sp³-hybridized carbons (Fsp3) is 0.200. The summed E-state index contributed by atoms with van der Waals surface area (Å²) in [4.78, 5) is 0. The molecule has 20 heavy (non-hydrogen) atoms. The number of hydrogen-bond acceptors (Lipinski definition) is 2. The second-order valence-corrected chi connectivity index (χ2v) is 5.46. The Morgan fingerprint density at radius 1 is 1.15 bits per heavy atom. The van der Waals surface area contributed by atoms with Gasteiger partial charge in [0.15, 0.2) is 0 Å². The normalized spacial score (nSPS) is 12.3. The van der Waals surface area contributed by atoms with Crippen molar-refractivity contribution in [3.8, 4) is 11.5 Å². The van der Waals surface area contributed by atoms with Crippen LogP contribution in [0.4, 0.5) is 8.78 Å². The van der Waals surface area contributed by atoms with E-state index in [0.717, 1.165) is 0 Å². The van der Waals surface area contributed by atoms with Crippen molar-refractivity contribution in [1.29, 1.82) is 0 Å². The first kappa shape index (κ1) is 14.9. The first-order chi connectivity index (χ1) is 9.38. The minimum atomic E-state index is -0.427. The average Bonchev–Trinajstić information content (AvgIpc) is 2.37. The molecule has 0 amide bonds. The molecule has 0 saturated carbocycles. The van der Waals surface area contributed by atoms with E-state index in [1.807, 2.05) is 0 Å². The van der Waals surface area contributed by atoms with E-state index in [-0.39, 0.29) is 11.9 Å². The van der Waals surface area contributed by atoms with Crippen molar-refractivity contribution < 1.29 is 13.5 Å². The summed E-state index contributed by atoms with van der Waals surface area (Å²) < 4.78 is 33.1. The Morgan fingerprint density at radius 3 is 2.45 bits per heavy atom. The first-order valence-electron chi connectivity index (χ1n) is 6.07. The van der Waals surface area contributed by atoms with Gasteiger partial charge in [0.05, 0.1) is 4.47 Å². The lowest BCUT2D eigenvalue weighted by Crippen LogP contribution is -2.08. The van der Waals surface area contributed by atoms with Crippen molar-refractivity contribution in [3.05, 3.63) is 57.6 Å². The van der Waals surface area contributed by atoms with Crippen LogP contribution in [0.25, 0.3) is 0 Å². The highest BCUT2D eigenvalue weighted by atomic mass is 79.9.